The van der Waals surface area contributed by atoms with Crippen LogP contribution in [-0.2, 0) is 0 Å². The van der Waals surface area contributed by atoms with Gasteiger partial charge in [0.1, 0.15) is 11.6 Å². The Bertz CT molecular complexity index is 371. The third-order valence-corrected chi connectivity index (χ3v) is 1.78. The summed E-state index contributed by atoms with van der Waals surface area (Å²) in [5, 5.41) is 0. The van der Waals surface area contributed by atoms with Crippen LogP contribution < -0.4 is 4.74 Å². The minimum atomic E-state index is -0.274. The van der Waals surface area contributed by atoms with Crippen LogP contribution in [0.5, 0.6) is 5.75 Å². The van der Waals surface area contributed by atoms with Gasteiger partial charge in [-0.25, -0.2) is 4.39 Å². The molecule has 0 aliphatic carbocycles. The van der Waals surface area contributed by atoms with Gasteiger partial charge in [-0.15, -0.1) is 5.98 Å². The topological polar surface area (TPSA) is 9.23 Å². The molecular formula is C10H8BFO. The first-order chi connectivity index (χ1) is 6.34. The van der Waals surface area contributed by atoms with Crippen molar-refractivity contribution >= 4 is 7.28 Å². The van der Waals surface area contributed by atoms with Gasteiger partial charge in [-0.3, -0.25) is 0 Å². The average Bonchev–Trinajstić information content (AvgIpc) is 2.57. The largest absolute Gasteiger partial charge is 0.472 e. The van der Waals surface area contributed by atoms with Crippen LogP contribution in [0.15, 0.2) is 48.1 Å². The molecule has 0 spiro atoms. The predicted molar refractivity (Wildman–Crippen MR) is 51.4 cm³/mol. The van der Waals surface area contributed by atoms with E-state index >= 15 is 0 Å². The van der Waals surface area contributed by atoms with E-state index < -0.39 is 0 Å². The van der Waals surface area contributed by atoms with Crippen molar-refractivity contribution < 1.29 is 9.13 Å². The fourth-order valence-electron chi connectivity index (χ4n) is 1.19. The summed E-state index contributed by atoms with van der Waals surface area (Å²) < 4.78 is 18.1. The highest BCUT2D eigenvalue weighted by Crippen LogP contribution is 2.16. The minimum Gasteiger partial charge on any atom is -0.472 e. The fourth-order valence-corrected chi connectivity index (χ4v) is 1.19. The van der Waals surface area contributed by atoms with Crippen molar-refractivity contribution in [1.82, 2.24) is 0 Å². The van der Waals surface area contributed by atoms with Crippen LogP contribution >= 0.6 is 0 Å². The summed E-state index contributed by atoms with van der Waals surface area (Å²) in [6.07, 6.45) is 3.81. The molecule has 0 N–H and O–H groups in total. The summed E-state index contributed by atoms with van der Waals surface area (Å²) in [6.45, 7) is 0. The average molecular weight is 174 g/mol. The summed E-state index contributed by atoms with van der Waals surface area (Å²) in [5.41, 5.74) is 0.852. The van der Waals surface area contributed by atoms with E-state index in [1.807, 2.05) is 18.1 Å². The first-order valence-corrected chi connectivity index (χ1v) is 4.14. The van der Waals surface area contributed by atoms with Crippen molar-refractivity contribution in [3.63, 3.8) is 0 Å². The molecule has 1 aliphatic heterocycles. The van der Waals surface area contributed by atoms with Crippen LogP contribution in [0.4, 0.5) is 4.39 Å². The van der Waals surface area contributed by atoms with Crippen molar-refractivity contribution in [3.8, 4) is 5.75 Å². The summed E-state index contributed by atoms with van der Waals surface area (Å²) in [4.78, 5) is 0. The number of halogens is 1. The van der Waals surface area contributed by atoms with Gasteiger partial charge in [0.15, 0.2) is 0 Å². The Hall–Kier alpha value is -1.51. The maximum Gasteiger partial charge on any atom is 0.230 e. The van der Waals surface area contributed by atoms with Gasteiger partial charge in [-0.1, -0.05) is 12.1 Å². The number of ether oxygens (including phenoxy) is 1. The van der Waals surface area contributed by atoms with Crippen LogP contribution in [0.2, 0.25) is 0 Å². The van der Waals surface area contributed by atoms with Crippen molar-refractivity contribution in [1.29, 1.82) is 0 Å². The molecular weight excluding hydrogens is 166 g/mol. The molecule has 0 bridgehead atoms. The lowest BCUT2D eigenvalue weighted by atomic mass is 9.80. The van der Waals surface area contributed by atoms with Gasteiger partial charge < -0.3 is 4.74 Å². The molecule has 0 atom stereocenters. The summed E-state index contributed by atoms with van der Waals surface area (Å²) >= 11 is 0. The van der Waals surface area contributed by atoms with Crippen molar-refractivity contribution in [2.45, 2.75) is 0 Å². The molecule has 0 saturated carbocycles. The molecule has 1 aromatic carbocycles. The van der Waals surface area contributed by atoms with E-state index in [4.69, 9.17) is 4.74 Å². The molecule has 2 rings (SSSR count). The van der Waals surface area contributed by atoms with E-state index in [1.165, 1.54) is 12.1 Å². The van der Waals surface area contributed by atoms with Gasteiger partial charge in [0.25, 0.3) is 0 Å². The molecule has 1 nitrogen and oxygen atoms in total. The van der Waals surface area contributed by atoms with Gasteiger partial charge in [-0.2, -0.15) is 0 Å². The maximum absolute atomic E-state index is 12.7. The number of rotatable bonds is 2. The van der Waals surface area contributed by atoms with E-state index in [9.17, 15) is 4.39 Å². The summed E-state index contributed by atoms with van der Waals surface area (Å²) in [5.74, 6) is 2.27. The minimum absolute atomic E-state index is 0.274. The third-order valence-electron chi connectivity index (χ3n) is 1.78. The molecule has 0 unspecified atom stereocenters. The van der Waals surface area contributed by atoms with Crippen LogP contribution in [0.3, 0.4) is 0 Å². The molecule has 64 valence electrons. The molecule has 1 heterocycles. The van der Waals surface area contributed by atoms with E-state index in [0.29, 0.717) is 5.75 Å². The van der Waals surface area contributed by atoms with Crippen molar-refractivity contribution in [3.05, 3.63) is 53.9 Å². The highest BCUT2D eigenvalue weighted by molar-refractivity contribution is 6.51. The Morgan fingerprint density at radius 3 is 2.92 bits per heavy atom. The Balaban J connectivity index is 2.10. The van der Waals surface area contributed by atoms with E-state index in [1.54, 1.807) is 12.1 Å². The van der Waals surface area contributed by atoms with Gasteiger partial charge in [0.2, 0.25) is 7.28 Å². The van der Waals surface area contributed by atoms with Crippen molar-refractivity contribution in [2.75, 3.05) is 0 Å². The molecule has 0 amide bonds. The normalized spacial score (nSPS) is 13.8. The predicted octanol–water partition coefficient (Wildman–Crippen LogP) is 2.01. The molecule has 1 aromatic rings. The highest BCUT2D eigenvalue weighted by Gasteiger charge is 2.03. The second kappa shape index (κ2) is 3.48. The lowest BCUT2D eigenvalue weighted by Crippen LogP contribution is -1.98. The Morgan fingerprint density at radius 1 is 1.31 bits per heavy atom. The van der Waals surface area contributed by atoms with Gasteiger partial charge >= 0.3 is 0 Å². The highest BCUT2D eigenvalue weighted by atomic mass is 19.1. The van der Waals surface area contributed by atoms with E-state index in [0.717, 1.165) is 12.9 Å². The molecule has 0 fully saturated rings. The number of hydrogen-bond acceptors (Lipinski definition) is 1. The van der Waals surface area contributed by atoms with Gasteiger partial charge in [0, 0.05) is 6.07 Å². The second-order valence-corrected chi connectivity index (χ2v) is 2.82. The molecule has 0 radical (unpaired) electrons. The molecule has 3 heteroatoms. The van der Waals surface area contributed by atoms with Crippen molar-refractivity contribution in [2.24, 2.45) is 0 Å². The van der Waals surface area contributed by atoms with E-state index in [-0.39, 0.29) is 5.82 Å². The monoisotopic (exact) mass is 174 g/mol. The first kappa shape index (κ1) is 8.11. The number of benzene rings is 1. The lowest BCUT2D eigenvalue weighted by molar-refractivity contribution is 0.457. The zero-order chi connectivity index (χ0) is 9.10. The number of allylic oxidation sites excluding steroid dienone is 2. The molecule has 0 saturated heterocycles. The fraction of sp³-hybridized carbons (Fsp3) is 0. The zero-order valence-electron chi connectivity index (χ0n) is 7.03. The van der Waals surface area contributed by atoms with Crippen LogP contribution in [0, 0.1) is 5.82 Å². The van der Waals surface area contributed by atoms with E-state index in [2.05, 4.69) is 0 Å². The van der Waals surface area contributed by atoms with Crippen LogP contribution in [0.25, 0.3) is 0 Å². The second-order valence-electron chi connectivity index (χ2n) is 2.82. The molecule has 1 aliphatic rings. The summed E-state index contributed by atoms with van der Waals surface area (Å²) in [6, 6.07) is 6.14. The Kier molecular flexibility index (Phi) is 2.17. The van der Waals surface area contributed by atoms with Gasteiger partial charge in [0.05, 0.1) is 5.66 Å². The zero-order valence-corrected chi connectivity index (χ0v) is 7.03. The standard InChI is InChI=1S/C10H8BFO/c12-8-3-1-4-9(7-8)13-10-5-2-6-11-10/h1-7,11H. The SMILES string of the molecule is Fc1cccc(OC2=CC=CB2)c1. The molecule has 13 heavy (non-hydrogen) atoms. The third kappa shape index (κ3) is 1.99. The first-order valence-electron chi connectivity index (χ1n) is 4.14. The van der Waals surface area contributed by atoms with Crippen LogP contribution in [-0.4, -0.2) is 7.28 Å². The smallest absolute Gasteiger partial charge is 0.230 e. The maximum atomic E-state index is 12.7. The summed E-state index contributed by atoms with van der Waals surface area (Å²) in [7, 11) is 0.788. The quantitative estimate of drug-likeness (QED) is 0.623. The Labute approximate surface area is 76.8 Å². The number of hydrogen-bond donors (Lipinski definition) is 0. The molecule has 0 aromatic heterocycles. The Morgan fingerprint density at radius 2 is 2.23 bits per heavy atom. The van der Waals surface area contributed by atoms with Crippen LogP contribution in [0.1, 0.15) is 0 Å². The lowest BCUT2D eigenvalue weighted by Gasteiger charge is -2.05. The van der Waals surface area contributed by atoms with Gasteiger partial charge in [-0.05, 0) is 18.2 Å².